The molecule has 6 heteroatoms. The average molecular weight is 431 g/mol. The summed E-state index contributed by atoms with van der Waals surface area (Å²) >= 11 is 3.40. The number of nitrogens with zero attached hydrogens (tertiary/aromatic N) is 1. The van der Waals surface area contributed by atoms with Crippen molar-refractivity contribution in [2.24, 2.45) is 0 Å². The summed E-state index contributed by atoms with van der Waals surface area (Å²) in [6.07, 6.45) is 1.01. The van der Waals surface area contributed by atoms with Gasteiger partial charge in [-0.25, -0.2) is 4.85 Å². The van der Waals surface area contributed by atoms with Crippen molar-refractivity contribution in [3.63, 3.8) is 0 Å². The zero-order valence-corrected chi connectivity index (χ0v) is 17.0. The summed E-state index contributed by atoms with van der Waals surface area (Å²) in [4.78, 5) is 16.1. The third-order valence-corrected chi connectivity index (χ3v) is 4.44. The van der Waals surface area contributed by atoms with Crippen molar-refractivity contribution in [2.45, 2.75) is 38.8 Å². The fourth-order valence-corrected chi connectivity index (χ4v) is 2.92. The molecule has 0 aromatic heterocycles. The summed E-state index contributed by atoms with van der Waals surface area (Å²) in [6, 6.07) is 12.5. The minimum absolute atomic E-state index is 0.0179. The van der Waals surface area contributed by atoms with E-state index in [1.165, 1.54) is 6.07 Å². The predicted molar refractivity (Wildman–Crippen MR) is 109 cm³/mol. The van der Waals surface area contributed by atoms with Crippen molar-refractivity contribution < 1.29 is 14.6 Å². The Bertz CT molecular complexity index is 813. The lowest BCUT2D eigenvalue weighted by atomic mass is 10.0. The largest absolute Gasteiger partial charge is 0.502 e. The molecule has 0 saturated carbocycles. The number of hydrogen-bond donors (Lipinski definition) is 2. The zero-order chi connectivity index (χ0) is 19.8. The lowest BCUT2D eigenvalue weighted by Crippen LogP contribution is -2.37. The van der Waals surface area contributed by atoms with E-state index in [-0.39, 0.29) is 24.7 Å². The number of carbonyl (C=O) groups is 1. The average Bonchev–Trinajstić information content (AvgIpc) is 2.63. The molecule has 5 nitrogen and oxygen atoms in total. The summed E-state index contributed by atoms with van der Waals surface area (Å²) in [7, 11) is 0. The number of carbonyl (C=O) groups excluding carboxylic acids is 1. The highest BCUT2D eigenvalue weighted by Crippen LogP contribution is 2.29. The monoisotopic (exact) mass is 430 g/mol. The van der Waals surface area contributed by atoms with Crippen LogP contribution in [0.2, 0.25) is 0 Å². The quantitative estimate of drug-likeness (QED) is 0.605. The third-order valence-electron chi connectivity index (χ3n) is 3.91. The van der Waals surface area contributed by atoms with Crippen LogP contribution >= 0.6 is 15.9 Å². The van der Waals surface area contributed by atoms with Crippen molar-refractivity contribution in [3.05, 3.63) is 69.5 Å². The standard InChI is InChI=1S/C21H23BrN2O3/c1-14(2)27-20-9-6-16(13-19(20)23-3)21(26)24-18(10-11-25)12-15-4-7-17(22)8-5-15/h4-9,13-14,18,25H,10-12H2,1-2H3,(H,24,26)/t18-/m1/s1. The number of hydrogen-bond acceptors (Lipinski definition) is 3. The fraction of sp³-hybridized carbons (Fsp3) is 0.333. The van der Waals surface area contributed by atoms with Gasteiger partial charge in [-0.1, -0.05) is 28.1 Å². The summed E-state index contributed by atoms with van der Waals surface area (Å²) in [5, 5.41) is 12.3. The number of ether oxygens (including phenoxy) is 1. The van der Waals surface area contributed by atoms with Crippen LogP contribution < -0.4 is 10.1 Å². The van der Waals surface area contributed by atoms with E-state index in [9.17, 15) is 9.90 Å². The summed E-state index contributed by atoms with van der Waals surface area (Å²) < 4.78 is 6.59. The second-order valence-corrected chi connectivity index (χ2v) is 7.39. The van der Waals surface area contributed by atoms with E-state index in [2.05, 4.69) is 26.1 Å². The summed E-state index contributed by atoms with van der Waals surface area (Å²) in [5.74, 6) is 0.199. The topological polar surface area (TPSA) is 62.9 Å². The van der Waals surface area contributed by atoms with E-state index in [1.54, 1.807) is 12.1 Å². The van der Waals surface area contributed by atoms with E-state index in [0.717, 1.165) is 10.0 Å². The van der Waals surface area contributed by atoms with Crippen LogP contribution in [-0.2, 0) is 6.42 Å². The Hall–Kier alpha value is -2.36. The Balaban J connectivity index is 2.12. The molecule has 0 aliphatic rings. The number of benzene rings is 2. The Kier molecular flexibility index (Phi) is 7.83. The molecule has 27 heavy (non-hydrogen) atoms. The molecule has 0 unspecified atom stereocenters. The lowest BCUT2D eigenvalue weighted by molar-refractivity contribution is 0.0930. The van der Waals surface area contributed by atoms with E-state index in [4.69, 9.17) is 11.3 Å². The number of nitrogens with one attached hydrogen (secondary N) is 1. The van der Waals surface area contributed by atoms with E-state index < -0.39 is 0 Å². The second kappa shape index (κ2) is 10.1. The Morgan fingerprint density at radius 1 is 1.26 bits per heavy atom. The van der Waals surface area contributed by atoms with Gasteiger partial charge in [0.1, 0.15) is 5.75 Å². The molecule has 2 N–H and O–H groups in total. The molecule has 0 aliphatic carbocycles. The molecule has 0 saturated heterocycles. The van der Waals surface area contributed by atoms with Crippen molar-refractivity contribution in [3.8, 4) is 5.75 Å². The van der Waals surface area contributed by atoms with Crippen LogP contribution in [0.4, 0.5) is 5.69 Å². The molecule has 0 heterocycles. The maximum absolute atomic E-state index is 12.6. The molecule has 0 aliphatic heterocycles. The molecule has 0 fully saturated rings. The van der Waals surface area contributed by atoms with Crippen LogP contribution in [0.15, 0.2) is 46.9 Å². The second-order valence-electron chi connectivity index (χ2n) is 6.47. The van der Waals surface area contributed by atoms with Gasteiger partial charge in [-0.3, -0.25) is 4.79 Å². The van der Waals surface area contributed by atoms with E-state index in [1.807, 2.05) is 38.1 Å². The Morgan fingerprint density at radius 2 is 1.96 bits per heavy atom. The van der Waals surface area contributed by atoms with Crippen LogP contribution in [0.1, 0.15) is 36.2 Å². The Labute approximate surface area is 168 Å². The number of halogens is 1. The van der Waals surface area contributed by atoms with Gasteiger partial charge in [0.15, 0.2) is 0 Å². The molecule has 1 amide bonds. The van der Waals surface area contributed by atoms with Gasteiger partial charge in [0.25, 0.3) is 0 Å². The normalized spacial score (nSPS) is 11.7. The number of aliphatic hydroxyl groups is 1. The van der Waals surface area contributed by atoms with Crippen LogP contribution in [0.5, 0.6) is 5.75 Å². The fourth-order valence-electron chi connectivity index (χ4n) is 2.65. The van der Waals surface area contributed by atoms with Gasteiger partial charge in [0, 0.05) is 22.7 Å². The van der Waals surface area contributed by atoms with E-state index in [0.29, 0.717) is 29.8 Å². The predicted octanol–water partition coefficient (Wildman–Crippen LogP) is 4.51. The summed E-state index contributed by atoms with van der Waals surface area (Å²) in [6.45, 7) is 11.1. The first-order chi connectivity index (χ1) is 12.9. The van der Waals surface area contributed by atoms with Crippen molar-refractivity contribution in [1.29, 1.82) is 0 Å². The third kappa shape index (κ3) is 6.38. The van der Waals surface area contributed by atoms with Crippen LogP contribution in [0.25, 0.3) is 4.85 Å². The number of amides is 1. The lowest BCUT2D eigenvalue weighted by Gasteiger charge is -2.19. The van der Waals surface area contributed by atoms with Gasteiger partial charge in [0.05, 0.1) is 12.7 Å². The van der Waals surface area contributed by atoms with Gasteiger partial charge in [-0.2, -0.15) is 0 Å². The molecule has 0 bridgehead atoms. The van der Waals surface area contributed by atoms with Crippen molar-refractivity contribution in [2.75, 3.05) is 6.61 Å². The highest BCUT2D eigenvalue weighted by atomic mass is 79.9. The van der Waals surface area contributed by atoms with Gasteiger partial charge >= 0.3 is 0 Å². The first-order valence-corrected chi connectivity index (χ1v) is 9.56. The molecule has 1 atom stereocenters. The number of rotatable bonds is 8. The molecular formula is C21H23BrN2O3. The van der Waals surface area contributed by atoms with Gasteiger partial charge in [0.2, 0.25) is 11.6 Å². The van der Waals surface area contributed by atoms with Crippen molar-refractivity contribution >= 4 is 27.5 Å². The van der Waals surface area contributed by atoms with Crippen LogP contribution in [0, 0.1) is 6.57 Å². The molecular weight excluding hydrogens is 408 g/mol. The van der Waals surface area contributed by atoms with Crippen LogP contribution in [-0.4, -0.2) is 29.8 Å². The molecule has 2 aromatic rings. The highest BCUT2D eigenvalue weighted by molar-refractivity contribution is 9.10. The van der Waals surface area contributed by atoms with Gasteiger partial charge in [-0.05, 0) is 62.6 Å². The Morgan fingerprint density at radius 3 is 2.56 bits per heavy atom. The first-order valence-electron chi connectivity index (χ1n) is 8.77. The van der Waals surface area contributed by atoms with E-state index >= 15 is 0 Å². The molecule has 0 spiro atoms. The molecule has 142 valence electrons. The van der Waals surface area contributed by atoms with Crippen LogP contribution in [0.3, 0.4) is 0 Å². The molecule has 2 aromatic carbocycles. The first kappa shape index (κ1) is 20.9. The van der Waals surface area contributed by atoms with Crippen molar-refractivity contribution in [1.82, 2.24) is 5.32 Å². The van der Waals surface area contributed by atoms with Gasteiger partial charge in [-0.15, -0.1) is 0 Å². The smallest absolute Gasteiger partial charge is 0.250 e. The number of aliphatic hydroxyl groups excluding tert-OH is 1. The maximum Gasteiger partial charge on any atom is 0.250 e. The minimum atomic E-state index is -0.272. The minimum Gasteiger partial charge on any atom is -0.502 e. The highest BCUT2D eigenvalue weighted by Gasteiger charge is 2.16. The zero-order valence-electron chi connectivity index (χ0n) is 15.4. The van der Waals surface area contributed by atoms with Gasteiger partial charge < -0.3 is 15.2 Å². The molecule has 2 rings (SSSR count). The SMILES string of the molecule is [C-]#[N+]c1cc(C(=O)N[C@H](CCO)Cc2ccc(Br)cc2)ccc1OC(C)C. The maximum atomic E-state index is 12.6. The molecule has 0 radical (unpaired) electrons. The summed E-state index contributed by atoms with van der Waals surface area (Å²) in [5.41, 5.74) is 1.78.